The minimum atomic E-state index is -5.08. The van der Waals surface area contributed by atoms with Crippen LogP contribution in [0, 0.1) is 5.82 Å². The maximum Gasteiger partial charge on any atom is 0.490 e. The SMILES string of the molecule is CCc1cccc(N(Cc2nc(-c3ccccc3)nn2C)c2ccc(/C(N)=N/O)c(F)c2)c1.O=C(O)C(F)(F)F. The summed E-state index contributed by atoms with van der Waals surface area (Å²) in [6, 6.07) is 22.5. The number of carboxylic acids is 1. The molecule has 0 spiro atoms. The van der Waals surface area contributed by atoms with Crippen LogP contribution in [0.5, 0.6) is 0 Å². The van der Waals surface area contributed by atoms with Gasteiger partial charge < -0.3 is 20.9 Å². The number of carboxylic acid groups (broad SMARTS) is 1. The first-order valence-corrected chi connectivity index (χ1v) is 11.8. The number of hydrogen-bond acceptors (Lipinski definition) is 6. The number of aromatic nitrogens is 3. The van der Waals surface area contributed by atoms with Gasteiger partial charge in [0.1, 0.15) is 11.6 Å². The Balaban J connectivity index is 0.000000559. The topological polar surface area (TPSA) is 130 Å². The Morgan fingerprint density at radius 2 is 1.70 bits per heavy atom. The molecule has 0 atom stereocenters. The zero-order valence-electron chi connectivity index (χ0n) is 21.5. The number of carbonyl (C=O) groups is 1. The van der Waals surface area contributed by atoms with Gasteiger partial charge in [-0.05, 0) is 42.3 Å². The van der Waals surface area contributed by atoms with Gasteiger partial charge in [0.2, 0.25) is 0 Å². The summed E-state index contributed by atoms with van der Waals surface area (Å²) in [6.45, 7) is 2.45. The number of amidine groups is 1. The summed E-state index contributed by atoms with van der Waals surface area (Å²) in [5.74, 6) is -2.27. The van der Waals surface area contributed by atoms with E-state index in [0.29, 0.717) is 18.1 Å². The number of halogens is 4. The molecule has 0 radical (unpaired) electrons. The minimum Gasteiger partial charge on any atom is -0.475 e. The van der Waals surface area contributed by atoms with E-state index in [4.69, 9.17) is 25.8 Å². The van der Waals surface area contributed by atoms with Gasteiger partial charge >= 0.3 is 12.1 Å². The molecule has 4 aromatic rings. The molecule has 13 heteroatoms. The molecule has 0 saturated carbocycles. The number of nitrogens with zero attached hydrogens (tertiary/aromatic N) is 5. The molecular formula is C27H26F4N6O3. The lowest BCUT2D eigenvalue weighted by molar-refractivity contribution is -0.192. The average molecular weight is 559 g/mol. The Bertz CT molecular complexity index is 1490. The summed E-state index contributed by atoms with van der Waals surface area (Å²) in [7, 11) is 1.84. The van der Waals surface area contributed by atoms with Crippen LogP contribution in [-0.2, 0) is 24.8 Å². The first-order valence-electron chi connectivity index (χ1n) is 11.8. The highest BCUT2D eigenvalue weighted by Crippen LogP contribution is 2.30. The van der Waals surface area contributed by atoms with E-state index in [-0.39, 0.29) is 11.4 Å². The van der Waals surface area contributed by atoms with Gasteiger partial charge in [-0.25, -0.2) is 14.2 Å². The van der Waals surface area contributed by atoms with Gasteiger partial charge in [-0.15, -0.1) is 0 Å². The molecule has 0 unspecified atom stereocenters. The summed E-state index contributed by atoms with van der Waals surface area (Å²) in [5, 5.41) is 23.5. The molecular weight excluding hydrogens is 532 g/mol. The van der Waals surface area contributed by atoms with Gasteiger partial charge in [0, 0.05) is 24.0 Å². The second-order valence-corrected chi connectivity index (χ2v) is 8.40. The van der Waals surface area contributed by atoms with Crippen LogP contribution in [0.4, 0.5) is 28.9 Å². The van der Waals surface area contributed by atoms with Gasteiger partial charge in [0.15, 0.2) is 11.7 Å². The number of benzene rings is 3. The number of aryl methyl sites for hydroxylation is 2. The van der Waals surface area contributed by atoms with Crippen LogP contribution < -0.4 is 10.6 Å². The molecule has 0 amide bonds. The molecule has 4 N–H and O–H groups in total. The fourth-order valence-corrected chi connectivity index (χ4v) is 3.61. The molecule has 3 aromatic carbocycles. The molecule has 0 fully saturated rings. The first-order chi connectivity index (χ1) is 18.9. The van der Waals surface area contributed by atoms with Gasteiger partial charge in [0.25, 0.3) is 0 Å². The van der Waals surface area contributed by atoms with E-state index in [1.54, 1.807) is 10.7 Å². The van der Waals surface area contributed by atoms with Crippen LogP contribution in [0.25, 0.3) is 11.4 Å². The van der Waals surface area contributed by atoms with Crippen molar-refractivity contribution in [3.63, 3.8) is 0 Å². The van der Waals surface area contributed by atoms with Gasteiger partial charge in [0.05, 0.1) is 12.1 Å². The third-order valence-corrected chi connectivity index (χ3v) is 5.71. The van der Waals surface area contributed by atoms with Crippen LogP contribution in [0.15, 0.2) is 78.0 Å². The lowest BCUT2D eigenvalue weighted by Gasteiger charge is -2.25. The molecule has 4 rings (SSSR count). The fraction of sp³-hybridized carbons (Fsp3) is 0.185. The molecule has 40 heavy (non-hydrogen) atoms. The molecule has 0 aliphatic rings. The van der Waals surface area contributed by atoms with Gasteiger partial charge in [-0.1, -0.05) is 54.5 Å². The zero-order valence-corrected chi connectivity index (χ0v) is 21.5. The summed E-state index contributed by atoms with van der Waals surface area (Å²) >= 11 is 0. The fourth-order valence-electron chi connectivity index (χ4n) is 3.61. The Labute approximate surface area is 226 Å². The molecule has 1 heterocycles. The largest absolute Gasteiger partial charge is 0.490 e. The van der Waals surface area contributed by atoms with Gasteiger partial charge in [-0.3, -0.25) is 4.68 Å². The van der Waals surface area contributed by atoms with E-state index in [2.05, 4.69) is 29.3 Å². The first kappa shape index (κ1) is 29.6. The predicted octanol–water partition coefficient (Wildman–Crippen LogP) is 5.25. The van der Waals surface area contributed by atoms with Crippen LogP contribution >= 0.6 is 0 Å². The number of anilines is 2. The van der Waals surface area contributed by atoms with Crippen molar-refractivity contribution in [2.24, 2.45) is 17.9 Å². The second kappa shape index (κ2) is 12.7. The van der Waals surface area contributed by atoms with Crippen LogP contribution in [0.3, 0.4) is 0 Å². The molecule has 0 saturated heterocycles. The Kier molecular flexibility index (Phi) is 9.43. The molecule has 1 aromatic heterocycles. The van der Waals surface area contributed by atoms with Crippen LogP contribution in [-0.4, -0.2) is 43.1 Å². The van der Waals surface area contributed by atoms with E-state index in [1.807, 2.05) is 54.4 Å². The third-order valence-electron chi connectivity index (χ3n) is 5.71. The molecule has 9 nitrogen and oxygen atoms in total. The van der Waals surface area contributed by atoms with Crippen LogP contribution in [0.2, 0.25) is 0 Å². The van der Waals surface area contributed by atoms with E-state index >= 15 is 0 Å². The van der Waals surface area contributed by atoms with Gasteiger partial charge in [-0.2, -0.15) is 18.3 Å². The van der Waals surface area contributed by atoms with E-state index < -0.39 is 18.0 Å². The van der Waals surface area contributed by atoms with Crippen molar-refractivity contribution >= 4 is 23.2 Å². The molecule has 0 aliphatic carbocycles. The number of oxime groups is 1. The summed E-state index contributed by atoms with van der Waals surface area (Å²) in [4.78, 5) is 15.6. The normalized spacial score (nSPS) is 11.5. The van der Waals surface area contributed by atoms with Crippen molar-refractivity contribution in [1.82, 2.24) is 14.8 Å². The number of rotatable bonds is 7. The minimum absolute atomic E-state index is 0.0357. The Morgan fingerprint density at radius 3 is 2.27 bits per heavy atom. The average Bonchev–Trinajstić information content (AvgIpc) is 3.31. The van der Waals surface area contributed by atoms with Crippen molar-refractivity contribution in [2.75, 3.05) is 4.90 Å². The number of hydrogen-bond donors (Lipinski definition) is 3. The standard InChI is InChI=1S/C25H25FN6O.C2HF3O2/c1-3-17-8-7-11-19(14-17)32(20-12-13-21(22(26)15-20)24(27)30-33)16-23-28-25(29-31(23)2)18-9-5-4-6-10-18;3-2(4,5)1(6)7/h4-15,33H,3,16H2,1-2H3,(H2,27,30);(H,6,7). The maximum absolute atomic E-state index is 14.8. The van der Waals surface area contributed by atoms with Crippen molar-refractivity contribution in [2.45, 2.75) is 26.1 Å². The Hall–Kier alpha value is -4.94. The van der Waals surface area contributed by atoms with Crippen molar-refractivity contribution in [3.05, 3.63) is 95.6 Å². The van der Waals surface area contributed by atoms with E-state index in [9.17, 15) is 17.6 Å². The summed E-state index contributed by atoms with van der Waals surface area (Å²) in [6.07, 6.45) is -4.21. The molecule has 0 bridgehead atoms. The number of alkyl halides is 3. The lowest BCUT2D eigenvalue weighted by Crippen LogP contribution is -2.21. The predicted molar refractivity (Wildman–Crippen MR) is 141 cm³/mol. The quantitative estimate of drug-likeness (QED) is 0.0929. The highest BCUT2D eigenvalue weighted by atomic mass is 19.4. The maximum atomic E-state index is 14.8. The molecule has 0 aliphatic heterocycles. The zero-order chi connectivity index (χ0) is 29.4. The van der Waals surface area contributed by atoms with Crippen molar-refractivity contribution < 1.29 is 32.7 Å². The van der Waals surface area contributed by atoms with Crippen molar-refractivity contribution in [3.8, 4) is 11.4 Å². The van der Waals surface area contributed by atoms with Crippen molar-refractivity contribution in [1.29, 1.82) is 0 Å². The number of nitrogens with two attached hydrogens (primary N) is 1. The van der Waals surface area contributed by atoms with E-state index in [0.717, 1.165) is 29.1 Å². The molecule has 210 valence electrons. The lowest BCUT2D eigenvalue weighted by atomic mass is 10.1. The smallest absolute Gasteiger partial charge is 0.475 e. The third kappa shape index (κ3) is 7.34. The van der Waals surface area contributed by atoms with E-state index in [1.165, 1.54) is 12.1 Å². The Morgan fingerprint density at radius 1 is 1.05 bits per heavy atom. The summed E-state index contributed by atoms with van der Waals surface area (Å²) < 4.78 is 48.3. The number of aliphatic carboxylic acids is 1. The highest BCUT2D eigenvalue weighted by Gasteiger charge is 2.38. The van der Waals surface area contributed by atoms with Crippen LogP contribution in [0.1, 0.15) is 23.9 Å². The highest BCUT2D eigenvalue weighted by molar-refractivity contribution is 5.97. The summed E-state index contributed by atoms with van der Waals surface area (Å²) in [5.41, 5.74) is 9.23. The second-order valence-electron chi connectivity index (χ2n) is 8.40. The monoisotopic (exact) mass is 558 g/mol.